The van der Waals surface area contributed by atoms with Crippen LogP contribution in [0.2, 0.25) is 0 Å². The number of nitrogens with one attached hydrogen (secondary N) is 2. The van der Waals surface area contributed by atoms with Crippen LogP contribution in [0.1, 0.15) is 19.4 Å². The molecule has 0 radical (unpaired) electrons. The summed E-state index contributed by atoms with van der Waals surface area (Å²) < 4.78 is 27.9. The molecule has 3 aromatic carbocycles. The number of hydrogen-bond donors (Lipinski definition) is 3. The number of esters is 1. The van der Waals surface area contributed by atoms with Crippen LogP contribution < -0.4 is 21.3 Å². The number of anilines is 1. The van der Waals surface area contributed by atoms with Crippen LogP contribution in [0.25, 0.3) is 27.6 Å². The number of aromatic amines is 1. The number of nitrogens with zero attached hydrogens (tertiary/aromatic N) is 1. The summed E-state index contributed by atoms with van der Waals surface area (Å²) >= 11 is 0. The highest BCUT2D eigenvalue weighted by molar-refractivity contribution is 5.92. The summed E-state index contributed by atoms with van der Waals surface area (Å²) in [6.45, 7) is 3.24. The van der Waals surface area contributed by atoms with Crippen molar-refractivity contribution in [2.45, 2.75) is 19.3 Å². The Bertz CT molecular complexity index is 1610. The molecule has 10 heteroatoms. The molecule has 4 aromatic rings. The van der Waals surface area contributed by atoms with E-state index < -0.39 is 28.5 Å². The summed E-state index contributed by atoms with van der Waals surface area (Å²) in [7, 11) is 5.48. The average Bonchev–Trinajstić information content (AvgIpc) is 2.92. The zero-order valence-electron chi connectivity index (χ0n) is 22.0. The minimum absolute atomic E-state index is 0.0691. The molecule has 1 heterocycles. The van der Waals surface area contributed by atoms with Gasteiger partial charge >= 0.3 is 11.7 Å². The van der Waals surface area contributed by atoms with E-state index >= 15 is 4.39 Å². The van der Waals surface area contributed by atoms with Crippen LogP contribution in [0.4, 0.5) is 10.1 Å². The second-order valence-corrected chi connectivity index (χ2v) is 8.79. The molecule has 0 amide bonds. The van der Waals surface area contributed by atoms with Gasteiger partial charge in [-0.15, -0.1) is 0 Å². The lowest BCUT2D eigenvalue weighted by Gasteiger charge is -2.27. The fourth-order valence-electron chi connectivity index (χ4n) is 4.27. The molecule has 38 heavy (non-hydrogen) atoms. The number of ether oxygens (including phenoxy) is 2. The zero-order valence-corrected chi connectivity index (χ0v) is 22.0. The van der Waals surface area contributed by atoms with Gasteiger partial charge < -0.3 is 19.9 Å². The molecule has 0 aliphatic carbocycles. The van der Waals surface area contributed by atoms with E-state index in [0.717, 1.165) is 34.2 Å². The standard InChI is InChI=1S/C27H26FN3O5.CH4O/c1-27(2,25(33)36-5)19-14-20(31-11-10-21(32)30-26(31)34)23(28)22(24(19)35-4)17-7-6-16-13-18(29-3)9-8-15(16)12-17;1-2/h6-14,29H,1-5H3,(H,30,32,34);2H,1H3. The third kappa shape index (κ3) is 5.03. The van der Waals surface area contributed by atoms with Gasteiger partial charge in [0.2, 0.25) is 0 Å². The van der Waals surface area contributed by atoms with Crippen molar-refractivity contribution in [2.75, 3.05) is 33.7 Å². The van der Waals surface area contributed by atoms with Gasteiger partial charge in [0.15, 0.2) is 5.82 Å². The molecule has 0 fully saturated rings. The van der Waals surface area contributed by atoms with Gasteiger partial charge in [0, 0.05) is 37.7 Å². The van der Waals surface area contributed by atoms with Gasteiger partial charge in [0.05, 0.1) is 30.9 Å². The molecule has 200 valence electrons. The molecule has 4 rings (SSSR count). The van der Waals surface area contributed by atoms with Crippen molar-refractivity contribution in [3.05, 3.63) is 86.9 Å². The molecule has 3 N–H and O–H groups in total. The number of aliphatic hydroxyl groups excluding tert-OH is 1. The first-order chi connectivity index (χ1) is 18.1. The number of H-pyrrole nitrogens is 1. The Morgan fingerprint density at radius 1 is 1.03 bits per heavy atom. The lowest BCUT2D eigenvalue weighted by molar-refractivity contribution is -0.146. The normalized spacial score (nSPS) is 10.9. The quantitative estimate of drug-likeness (QED) is 0.330. The molecule has 0 bridgehead atoms. The SMILES string of the molecule is CNc1ccc2cc(-c3c(F)c(-n4ccc(=O)[nH]c4=O)cc(C(C)(C)C(=O)OC)c3OC)ccc2c1.CO. The molecule has 9 nitrogen and oxygen atoms in total. The molecular weight excluding hydrogens is 493 g/mol. The first-order valence-corrected chi connectivity index (χ1v) is 11.6. The Hall–Kier alpha value is -4.44. The minimum atomic E-state index is -1.26. The predicted octanol–water partition coefficient (Wildman–Crippen LogP) is 3.59. The summed E-state index contributed by atoms with van der Waals surface area (Å²) in [4.78, 5) is 39.1. The molecule has 0 aliphatic rings. The van der Waals surface area contributed by atoms with Gasteiger partial charge in [0.1, 0.15) is 5.75 Å². The maximum atomic E-state index is 16.3. The number of aliphatic hydroxyl groups is 1. The predicted molar refractivity (Wildman–Crippen MR) is 145 cm³/mol. The van der Waals surface area contributed by atoms with Crippen molar-refractivity contribution >= 4 is 22.4 Å². The van der Waals surface area contributed by atoms with E-state index in [1.54, 1.807) is 19.9 Å². The van der Waals surface area contributed by atoms with E-state index in [4.69, 9.17) is 14.6 Å². The molecule has 0 spiro atoms. The van der Waals surface area contributed by atoms with Crippen LogP contribution in [0, 0.1) is 5.82 Å². The summed E-state index contributed by atoms with van der Waals surface area (Å²) in [6.07, 6.45) is 1.18. The van der Waals surface area contributed by atoms with E-state index in [2.05, 4.69) is 10.3 Å². The minimum Gasteiger partial charge on any atom is -0.496 e. The number of aromatic nitrogens is 2. The van der Waals surface area contributed by atoms with Crippen LogP contribution in [-0.4, -0.2) is 49.0 Å². The van der Waals surface area contributed by atoms with Crippen molar-refractivity contribution < 1.29 is 23.8 Å². The van der Waals surface area contributed by atoms with Crippen molar-refractivity contribution in [3.63, 3.8) is 0 Å². The first-order valence-electron chi connectivity index (χ1n) is 11.6. The fourth-order valence-corrected chi connectivity index (χ4v) is 4.27. The number of carbonyl (C=O) groups excluding carboxylic acids is 1. The lowest BCUT2D eigenvalue weighted by Crippen LogP contribution is -2.32. The monoisotopic (exact) mass is 523 g/mol. The number of carbonyl (C=O) groups is 1. The van der Waals surface area contributed by atoms with Crippen molar-refractivity contribution in [1.29, 1.82) is 0 Å². The Morgan fingerprint density at radius 2 is 1.68 bits per heavy atom. The third-order valence-electron chi connectivity index (χ3n) is 6.27. The molecule has 0 unspecified atom stereocenters. The maximum Gasteiger partial charge on any atom is 0.333 e. The van der Waals surface area contributed by atoms with Gasteiger partial charge in [-0.1, -0.05) is 18.2 Å². The van der Waals surface area contributed by atoms with E-state index in [1.807, 2.05) is 37.4 Å². The molecule has 0 atom stereocenters. The van der Waals surface area contributed by atoms with Crippen molar-refractivity contribution in [1.82, 2.24) is 9.55 Å². The van der Waals surface area contributed by atoms with E-state index in [0.29, 0.717) is 11.1 Å². The van der Waals surface area contributed by atoms with E-state index in [9.17, 15) is 14.4 Å². The summed E-state index contributed by atoms with van der Waals surface area (Å²) in [5.41, 5.74) is -1.05. The Labute approximate surface area is 218 Å². The second-order valence-electron chi connectivity index (χ2n) is 8.79. The Balaban J connectivity index is 0.00000195. The number of hydrogen-bond acceptors (Lipinski definition) is 7. The number of fused-ring (bicyclic) bond motifs is 1. The Morgan fingerprint density at radius 3 is 2.29 bits per heavy atom. The molecular formula is C28H30FN3O6. The summed E-state index contributed by atoms with van der Waals surface area (Å²) in [5, 5.41) is 11.9. The molecule has 0 saturated carbocycles. The van der Waals surface area contributed by atoms with Crippen LogP contribution in [0.3, 0.4) is 0 Å². The largest absolute Gasteiger partial charge is 0.496 e. The van der Waals surface area contributed by atoms with Gasteiger partial charge in [-0.2, -0.15) is 0 Å². The highest BCUT2D eigenvalue weighted by atomic mass is 19.1. The van der Waals surface area contributed by atoms with Crippen LogP contribution >= 0.6 is 0 Å². The number of benzene rings is 3. The Kier molecular flexibility index (Phi) is 8.37. The van der Waals surface area contributed by atoms with E-state index in [-0.39, 0.29) is 17.0 Å². The number of halogens is 1. The summed E-state index contributed by atoms with van der Waals surface area (Å²) in [6, 6.07) is 13.7. The van der Waals surface area contributed by atoms with Crippen LogP contribution in [0.5, 0.6) is 5.75 Å². The van der Waals surface area contributed by atoms with E-state index in [1.165, 1.54) is 26.5 Å². The molecule has 0 aliphatic heterocycles. The third-order valence-corrected chi connectivity index (χ3v) is 6.27. The highest BCUT2D eigenvalue weighted by Gasteiger charge is 2.37. The topological polar surface area (TPSA) is 123 Å². The highest BCUT2D eigenvalue weighted by Crippen LogP contribution is 2.44. The van der Waals surface area contributed by atoms with Gasteiger partial charge in [-0.25, -0.2) is 9.18 Å². The average molecular weight is 524 g/mol. The van der Waals surface area contributed by atoms with Crippen molar-refractivity contribution in [3.8, 4) is 22.6 Å². The first kappa shape index (κ1) is 28.1. The summed E-state index contributed by atoms with van der Waals surface area (Å²) in [5.74, 6) is -1.19. The zero-order chi connectivity index (χ0) is 28.2. The molecule has 1 aromatic heterocycles. The maximum absolute atomic E-state index is 16.3. The van der Waals surface area contributed by atoms with Gasteiger partial charge in [-0.3, -0.25) is 19.1 Å². The van der Waals surface area contributed by atoms with Crippen LogP contribution in [0.15, 0.2) is 64.3 Å². The fraction of sp³-hybridized carbons (Fsp3) is 0.250. The number of methoxy groups -OCH3 is 2. The second kappa shape index (κ2) is 11.3. The lowest BCUT2D eigenvalue weighted by atomic mass is 9.81. The van der Waals surface area contributed by atoms with Gasteiger partial charge in [0.25, 0.3) is 5.56 Å². The van der Waals surface area contributed by atoms with Crippen LogP contribution in [-0.2, 0) is 14.9 Å². The smallest absolute Gasteiger partial charge is 0.333 e. The van der Waals surface area contributed by atoms with Gasteiger partial charge in [-0.05, 0) is 54.4 Å². The van der Waals surface area contributed by atoms with Crippen molar-refractivity contribution in [2.24, 2.45) is 0 Å². The molecule has 0 saturated heterocycles. The number of rotatable bonds is 6.